The Kier molecular flexibility index (Phi) is 11.0. The zero-order valence-corrected chi connectivity index (χ0v) is 14.9. The van der Waals surface area contributed by atoms with E-state index in [1.807, 2.05) is 0 Å². The third-order valence-electron chi connectivity index (χ3n) is 4.81. The predicted octanol–water partition coefficient (Wildman–Crippen LogP) is -1.68. The summed E-state index contributed by atoms with van der Waals surface area (Å²) in [4.78, 5) is 39.7. The summed E-state index contributed by atoms with van der Waals surface area (Å²) in [6.45, 7) is 1.99. The molecule has 4 atom stereocenters. The van der Waals surface area contributed by atoms with Crippen LogP contribution in [0.4, 0.5) is 0 Å². The van der Waals surface area contributed by atoms with E-state index in [9.17, 15) is 14.7 Å². The van der Waals surface area contributed by atoms with Gasteiger partial charge in [-0.25, -0.2) is 0 Å². The van der Waals surface area contributed by atoms with Gasteiger partial charge in [0.15, 0.2) is 0 Å². The highest BCUT2D eigenvalue weighted by Crippen LogP contribution is 2.38. The van der Waals surface area contributed by atoms with Crippen molar-refractivity contribution >= 4 is 25.1 Å². The average Bonchev–Trinajstić information content (AvgIpc) is 2.58. The second-order valence-corrected chi connectivity index (χ2v) is 6.59. The van der Waals surface area contributed by atoms with E-state index in [-0.39, 0.29) is 43.2 Å². The number of carboxylic acids is 1. The quantitative estimate of drug-likeness (QED) is 0.269. The van der Waals surface area contributed by atoms with Crippen molar-refractivity contribution in [2.24, 2.45) is 23.3 Å². The Morgan fingerprint density at radius 2 is 1.92 bits per heavy atom. The van der Waals surface area contributed by atoms with Crippen LogP contribution >= 0.6 is 0 Å². The maximum Gasteiger partial charge on any atom is 0.451 e. The number of nitrogens with two attached hydrogens (primary N) is 2. The zero-order valence-electron chi connectivity index (χ0n) is 14.9. The minimum Gasteiger partial charge on any atom is -0.480 e. The Bertz CT molecular complexity index is 500. The van der Waals surface area contributed by atoms with E-state index < -0.39 is 24.7 Å². The first kappa shape index (κ1) is 24.2. The molecule has 26 heavy (non-hydrogen) atoms. The van der Waals surface area contributed by atoms with E-state index in [4.69, 9.17) is 31.1 Å². The van der Waals surface area contributed by atoms with Crippen LogP contribution in [0, 0.1) is 11.8 Å². The first-order chi connectivity index (χ1) is 12.1. The molecule has 11 heteroatoms. The SMILES string of the molecule is CC[C@H](N)C(=O)NC[C@@H]1CC[C@@H](CCB(O)O)C[C@]1(N)C(=O)O.O=C=O. The second-order valence-electron chi connectivity index (χ2n) is 6.59. The Morgan fingerprint density at radius 3 is 2.38 bits per heavy atom. The van der Waals surface area contributed by atoms with Crippen molar-refractivity contribution in [2.75, 3.05) is 6.54 Å². The highest BCUT2D eigenvalue weighted by Gasteiger charge is 2.46. The number of hydrogen-bond acceptors (Lipinski definition) is 8. The lowest BCUT2D eigenvalue weighted by molar-refractivity contribution is -0.191. The molecule has 0 aromatic heterocycles. The van der Waals surface area contributed by atoms with Crippen LogP contribution in [-0.4, -0.2) is 58.4 Å². The molecule has 0 spiro atoms. The molecule has 0 saturated heterocycles. The van der Waals surface area contributed by atoms with E-state index in [0.717, 1.165) is 6.42 Å². The summed E-state index contributed by atoms with van der Waals surface area (Å²) < 4.78 is 0. The van der Waals surface area contributed by atoms with Gasteiger partial charge in [0.05, 0.1) is 6.04 Å². The maximum atomic E-state index is 11.8. The average molecular weight is 373 g/mol. The van der Waals surface area contributed by atoms with Crippen LogP contribution in [0.15, 0.2) is 0 Å². The molecule has 0 aromatic rings. The van der Waals surface area contributed by atoms with E-state index in [1.165, 1.54) is 0 Å². The number of aliphatic carboxylic acids is 1. The van der Waals surface area contributed by atoms with Gasteiger partial charge in [0.2, 0.25) is 5.91 Å². The Balaban J connectivity index is 0.00000194. The molecule has 1 saturated carbocycles. The van der Waals surface area contributed by atoms with E-state index in [2.05, 4.69) is 5.32 Å². The van der Waals surface area contributed by atoms with Gasteiger partial charge in [0, 0.05) is 12.5 Å². The first-order valence-electron chi connectivity index (χ1n) is 8.53. The molecule has 1 aliphatic rings. The van der Waals surface area contributed by atoms with Crippen molar-refractivity contribution in [3.63, 3.8) is 0 Å². The van der Waals surface area contributed by atoms with Crippen LogP contribution in [0.3, 0.4) is 0 Å². The van der Waals surface area contributed by atoms with Crippen LogP contribution in [0.2, 0.25) is 6.32 Å². The van der Waals surface area contributed by atoms with Gasteiger partial charge in [-0.05, 0) is 37.9 Å². The lowest BCUT2D eigenvalue weighted by Crippen LogP contribution is -2.60. The summed E-state index contributed by atoms with van der Waals surface area (Å²) in [5.41, 5.74) is 10.3. The maximum absolute atomic E-state index is 11.8. The lowest BCUT2D eigenvalue weighted by atomic mass is 9.66. The lowest BCUT2D eigenvalue weighted by Gasteiger charge is -2.41. The molecular weight excluding hydrogens is 345 g/mol. The molecule has 10 nitrogen and oxygen atoms in total. The summed E-state index contributed by atoms with van der Waals surface area (Å²) in [5.74, 6) is -1.73. The molecular formula is C15H28BN3O7. The number of rotatable bonds is 8. The minimum atomic E-state index is -1.42. The largest absolute Gasteiger partial charge is 0.480 e. The minimum absolute atomic E-state index is 0.0303. The Labute approximate surface area is 152 Å². The van der Waals surface area contributed by atoms with Crippen LogP contribution in [-0.2, 0) is 19.2 Å². The fourth-order valence-electron chi connectivity index (χ4n) is 3.16. The van der Waals surface area contributed by atoms with Gasteiger partial charge >= 0.3 is 19.2 Å². The monoisotopic (exact) mass is 373 g/mol. The van der Waals surface area contributed by atoms with E-state index in [1.54, 1.807) is 6.92 Å². The van der Waals surface area contributed by atoms with Gasteiger partial charge in [0.1, 0.15) is 5.54 Å². The second kappa shape index (κ2) is 11.8. The van der Waals surface area contributed by atoms with Crippen molar-refractivity contribution in [3.05, 3.63) is 0 Å². The van der Waals surface area contributed by atoms with Gasteiger partial charge in [-0.15, -0.1) is 0 Å². The highest BCUT2D eigenvalue weighted by atomic mass is 16.4. The van der Waals surface area contributed by atoms with Crippen molar-refractivity contribution < 1.29 is 34.3 Å². The number of hydrogen-bond donors (Lipinski definition) is 6. The topological polar surface area (TPSA) is 193 Å². The Hall–Kier alpha value is -1.78. The smallest absolute Gasteiger partial charge is 0.451 e. The molecule has 0 aromatic carbocycles. The Morgan fingerprint density at radius 1 is 1.35 bits per heavy atom. The van der Waals surface area contributed by atoms with Gasteiger partial charge in [0.25, 0.3) is 0 Å². The van der Waals surface area contributed by atoms with Crippen LogP contribution in [0.1, 0.15) is 39.0 Å². The molecule has 0 aliphatic heterocycles. The molecule has 8 N–H and O–H groups in total. The van der Waals surface area contributed by atoms with Crippen molar-refractivity contribution in [1.82, 2.24) is 5.32 Å². The third-order valence-corrected chi connectivity index (χ3v) is 4.81. The van der Waals surface area contributed by atoms with E-state index in [0.29, 0.717) is 19.3 Å². The molecule has 0 radical (unpaired) electrons. The number of nitrogens with one attached hydrogen (secondary N) is 1. The molecule has 1 fully saturated rings. The third kappa shape index (κ3) is 7.63. The van der Waals surface area contributed by atoms with Crippen LogP contribution < -0.4 is 16.8 Å². The van der Waals surface area contributed by atoms with Crippen molar-refractivity contribution in [3.8, 4) is 0 Å². The van der Waals surface area contributed by atoms with Gasteiger partial charge in [-0.1, -0.05) is 13.3 Å². The fourth-order valence-corrected chi connectivity index (χ4v) is 3.16. The number of carbonyl (C=O) groups is 2. The summed E-state index contributed by atoms with van der Waals surface area (Å²) in [7, 11) is -1.39. The van der Waals surface area contributed by atoms with Gasteiger partial charge in [-0.2, -0.15) is 9.59 Å². The van der Waals surface area contributed by atoms with Crippen LogP contribution in [0.5, 0.6) is 0 Å². The molecule has 1 aliphatic carbocycles. The standard InChI is InChI=1S/C14H28BN3O5.CO2/c1-2-11(16)12(19)18-8-10-4-3-9(5-6-15(22)23)7-14(10,17)13(20)21;2-1-3/h9-11,22-23H,2-8,16-17H2,1H3,(H,18,19)(H,20,21);/t9-,10-,11-,14+;/m0./s1. The molecule has 0 heterocycles. The number of amides is 1. The molecule has 0 bridgehead atoms. The van der Waals surface area contributed by atoms with Gasteiger partial charge < -0.3 is 31.9 Å². The van der Waals surface area contributed by atoms with Crippen molar-refractivity contribution in [1.29, 1.82) is 0 Å². The number of carboxylic acid groups (broad SMARTS) is 1. The van der Waals surface area contributed by atoms with Crippen LogP contribution in [0.25, 0.3) is 0 Å². The summed E-state index contributed by atoms with van der Waals surface area (Å²) in [6, 6.07) is -0.602. The highest BCUT2D eigenvalue weighted by molar-refractivity contribution is 6.40. The fraction of sp³-hybridized carbons (Fsp3) is 0.800. The van der Waals surface area contributed by atoms with Crippen molar-refractivity contribution in [2.45, 2.75) is 56.9 Å². The summed E-state index contributed by atoms with van der Waals surface area (Å²) in [5, 5.41) is 30.1. The summed E-state index contributed by atoms with van der Waals surface area (Å²) >= 11 is 0. The molecule has 1 rings (SSSR count). The zero-order chi connectivity index (χ0) is 20.3. The summed E-state index contributed by atoms with van der Waals surface area (Å²) in [6.07, 6.45) is 3.05. The molecule has 1 amide bonds. The molecule has 148 valence electrons. The van der Waals surface area contributed by atoms with E-state index >= 15 is 0 Å². The normalized spacial score (nSPS) is 25.9. The predicted molar refractivity (Wildman–Crippen MR) is 91.3 cm³/mol. The van der Waals surface area contributed by atoms with Gasteiger partial charge in [-0.3, -0.25) is 9.59 Å². The number of carbonyl (C=O) groups excluding carboxylic acids is 3. The first-order valence-corrected chi connectivity index (χ1v) is 8.53. The molecule has 0 unspecified atom stereocenters.